The molecule has 2 aliphatic heterocycles. The third-order valence-electron chi connectivity index (χ3n) is 8.76. The number of nitrogens with zero attached hydrogens (tertiary/aromatic N) is 3. The highest BCUT2D eigenvalue weighted by atomic mass is 16.7. The fourth-order valence-corrected chi connectivity index (χ4v) is 5.43. The molecule has 6 rings (SSSR count). The zero-order chi connectivity index (χ0) is 29.6. The molecule has 2 saturated heterocycles. The first-order valence-electron chi connectivity index (χ1n) is 14.4. The lowest BCUT2D eigenvalue weighted by atomic mass is 9.78. The fourth-order valence-electron chi connectivity index (χ4n) is 5.43. The van der Waals surface area contributed by atoms with Crippen LogP contribution in [0.3, 0.4) is 0 Å². The fraction of sp³-hybridized carbons (Fsp3) is 0.333. The van der Waals surface area contributed by atoms with Crippen molar-refractivity contribution in [2.75, 3.05) is 33.2 Å². The number of aromatic amines is 1. The Kier molecular flexibility index (Phi) is 7.21. The lowest BCUT2D eigenvalue weighted by molar-refractivity contribution is 0.00578. The highest BCUT2D eigenvalue weighted by Crippen LogP contribution is 2.37. The summed E-state index contributed by atoms with van der Waals surface area (Å²) in [4.78, 5) is 25.3. The molecule has 216 valence electrons. The molecule has 1 aromatic heterocycles. The maximum atomic E-state index is 13.0. The van der Waals surface area contributed by atoms with Crippen molar-refractivity contribution >= 4 is 40.8 Å². The summed E-state index contributed by atoms with van der Waals surface area (Å²) < 4.78 is 12.5. The number of likely N-dealkylation sites (N-methyl/N-ethyl adjacent to an activating group) is 1. The van der Waals surface area contributed by atoms with E-state index in [4.69, 9.17) is 14.3 Å². The van der Waals surface area contributed by atoms with Gasteiger partial charge in [-0.2, -0.15) is 0 Å². The van der Waals surface area contributed by atoms with Crippen LogP contribution >= 0.6 is 0 Å². The van der Waals surface area contributed by atoms with Gasteiger partial charge in [0, 0.05) is 48.2 Å². The second kappa shape index (κ2) is 10.7. The van der Waals surface area contributed by atoms with Crippen molar-refractivity contribution in [3.63, 3.8) is 0 Å². The van der Waals surface area contributed by atoms with Crippen LogP contribution in [-0.4, -0.2) is 83.1 Å². The van der Waals surface area contributed by atoms with Crippen molar-refractivity contribution in [2.45, 2.75) is 38.9 Å². The van der Waals surface area contributed by atoms with Gasteiger partial charge in [-0.1, -0.05) is 42.5 Å². The molecule has 0 spiro atoms. The van der Waals surface area contributed by atoms with E-state index in [-0.39, 0.29) is 11.8 Å². The first kappa shape index (κ1) is 28.2. The number of nitrogens with one attached hydrogen (secondary N) is 1. The predicted molar refractivity (Wildman–Crippen MR) is 167 cm³/mol. The maximum absolute atomic E-state index is 13.0. The standard InChI is InChI=1S/C33H37BN4O4/c1-32(2)33(3,4)42-34(41-32)24-13-16-26-27(21-24)36-30(39)28(26)29(22-9-7-6-8-10-22)35-25-14-11-23(12-15-25)31(40)38-19-17-37(5)18-20-38/h6-16,21,36,39H,17-20H2,1-5H3. The van der Waals surface area contributed by atoms with Crippen molar-refractivity contribution in [1.29, 1.82) is 0 Å². The molecule has 42 heavy (non-hydrogen) atoms. The number of benzene rings is 3. The highest BCUT2D eigenvalue weighted by molar-refractivity contribution is 6.62. The Balaban J connectivity index is 1.35. The lowest BCUT2D eigenvalue weighted by Crippen LogP contribution is -2.47. The summed E-state index contributed by atoms with van der Waals surface area (Å²) in [7, 11) is 1.56. The SMILES string of the molecule is CN1CCN(C(=O)c2ccc(N=C(c3ccccc3)c3c(O)[nH]c4cc(B5OC(C)(C)C(C)(C)O5)ccc34)cc2)CC1. The molecule has 2 N–H and O–H groups in total. The van der Waals surface area contributed by atoms with Gasteiger partial charge in [-0.25, -0.2) is 4.99 Å². The Bertz CT molecular complexity index is 1620. The zero-order valence-electron chi connectivity index (χ0n) is 24.8. The van der Waals surface area contributed by atoms with Crippen LogP contribution in [0.4, 0.5) is 5.69 Å². The zero-order valence-corrected chi connectivity index (χ0v) is 24.8. The van der Waals surface area contributed by atoms with Crippen LogP contribution in [0.2, 0.25) is 0 Å². The van der Waals surface area contributed by atoms with Gasteiger partial charge in [0.25, 0.3) is 5.91 Å². The van der Waals surface area contributed by atoms with Gasteiger partial charge in [-0.15, -0.1) is 0 Å². The first-order chi connectivity index (χ1) is 20.0. The molecule has 0 aliphatic carbocycles. The molecule has 1 amide bonds. The quantitative estimate of drug-likeness (QED) is 0.270. The molecule has 0 unspecified atom stereocenters. The molecule has 3 heterocycles. The molecule has 2 fully saturated rings. The molecule has 0 saturated carbocycles. The molecule has 2 aliphatic rings. The minimum Gasteiger partial charge on any atom is -0.494 e. The number of carbonyl (C=O) groups is 1. The van der Waals surface area contributed by atoms with E-state index < -0.39 is 18.3 Å². The average molecular weight is 564 g/mol. The van der Waals surface area contributed by atoms with Crippen LogP contribution < -0.4 is 5.46 Å². The number of carbonyl (C=O) groups excluding carboxylic acids is 1. The summed E-state index contributed by atoms with van der Waals surface area (Å²) in [6.45, 7) is 11.3. The molecule has 9 heteroatoms. The summed E-state index contributed by atoms with van der Waals surface area (Å²) >= 11 is 0. The molecule has 3 aromatic carbocycles. The van der Waals surface area contributed by atoms with Crippen LogP contribution in [0.1, 0.15) is 49.2 Å². The first-order valence-corrected chi connectivity index (χ1v) is 14.4. The Morgan fingerprint density at radius 1 is 0.881 bits per heavy atom. The number of hydrogen-bond donors (Lipinski definition) is 2. The number of fused-ring (bicyclic) bond motifs is 1. The second-order valence-corrected chi connectivity index (χ2v) is 12.2. The van der Waals surface area contributed by atoms with Gasteiger partial charge in [0.05, 0.1) is 28.2 Å². The van der Waals surface area contributed by atoms with E-state index in [1.54, 1.807) is 0 Å². The van der Waals surface area contributed by atoms with E-state index in [0.29, 0.717) is 22.5 Å². The number of hydrogen-bond acceptors (Lipinski definition) is 6. The van der Waals surface area contributed by atoms with Crippen LogP contribution in [0.25, 0.3) is 10.9 Å². The molecule has 0 atom stereocenters. The molecular formula is C33H37BN4O4. The van der Waals surface area contributed by atoms with Gasteiger partial charge in [0.2, 0.25) is 0 Å². The summed E-state index contributed by atoms with van der Waals surface area (Å²) in [5, 5.41) is 12.0. The molecule has 0 bridgehead atoms. The van der Waals surface area contributed by atoms with Crippen molar-refractivity contribution in [2.24, 2.45) is 4.99 Å². The Morgan fingerprint density at radius 3 is 2.17 bits per heavy atom. The van der Waals surface area contributed by atoms with Crippen LogP contribution in [0.15, 0.2) is 77.8 Å². The van der Waals surface area contributed by atoms with Crippen LogP contribution in [-0.2, 0) is 9.31 Å². The maximum Gasteiger partial charge on any atom is 0.494 e. The third-order valence-corrected chi connectivity index (χ3v) is 8.76. The highest BCUT2D eigenvalue weighted by Gasteiger charge is 2.51. The molecule has 8 nitrogen and oxygen atoms in total. The molecule has 0 radical (unpaired) electrons. The Hall–Kier alpha value is -3.92. The average Bonchev–Trinajstić information content (AvgIpc) is 3.42. The number of H-pyrrole nitrogens is 1. The van der Waals surface area contributed by atoms with Gasteiger partial charge < -0.3 is 29.2 Å². The minimum atomic E-state index is -0.511. The number of aromatic hydroxyl groups is 1. The number of amides is 1. The van der Waals surface area contributed by atoms with E-state index in [9.17, 15) is 9.90 Å². The Morgan fingerprint density at radius 2 is 1.52 bits per heavy atom. The van der Waals surface area contributed by atoms with Gasteiger partial charge in [0.15, 0.2) is 5.88 Å². The number of rotatable bonds is 5. The van der Waals surface area contributed by atoms with Crippen LogP contribution in [0, 0.1) is 0 Å². The summed E-state index contributed by atoms with van der Waals surface area (Å²) in [6, 6.07) is 23.1. The van der Waals surface area contributed by atoms with Crippen molar-refractivity contribution in [3.05, 3.63) is 89.5 Å². The third kappa shape index (κ3) is 5.24. The smallest absolute Gasteiger partial charge is 0.494 e. The van der Waals surface area contributed by atoms with Crippen LogP contribution in [0.5, 0.6) is 5.88 Å². The monoisotopic (exact) mass is 564 g/mol. The lowest BCUT2D eigenvalue weighted by Gasteiger charge is -2.32. The van der Waals surface area contributed by atoms with Crippen molar-refractivity contribution in [3.8, 4) is 5.88 Å². The molecule has 4 aromatic rings. The second-order valence-electron chi connectivity index (χ2n) is 12.2. The number of piperazine rings is 1. The van der Waals surface area contributed by atoms with E-state index in [2.05, 4.69) is 16.9 Å². The van der Waals surface area contributed by atoms with Crippen molar-refractivity contribution < 1.29 is 19.2 Å². The molecular weight excluding hydrogens is 527 g/mol. The summed E-state index contributed by atoms with van der Waals surface area (Å²) in [5.41, 5.74) is 4.15. The number of aromatic nitrogens is 1. The minimum absolute atomic E-state index is 0.0283. The van der Waals surface area contributed by atoms with E-state index in [1.165, 1.54) is 0 Å². The predicted octanol–water partition coefficient (Wildman–Crippen LogP) is 4.73. The normalized spacial score (nSPS) is 19.0. The number of aliphatic imine (C=N–C) groups is 1. The largest absolute Gasteiger partial charge is 0.494 e. The van der Waals surface area contributed by atoms with E-state index in [1.807, 2.05) is 105 Å². The van der Waals surface area contributed by atoms with Gasteiger partial charge in [-0.05, 0) is 70.5 Å². The van der Waals surface area contributed by atoms with Gasteiger partial charge in [-0.3, -0.25) is 4.79 Å². The van der Waals surface area contributed by atoms with Gasteiger partial charge >= 0.3 is 7.12 Å². The van der Waals surface area contributed by atoms with Crippen molar-refractivity contribution in [1.82, 2.24) is 14.8 Å². The summed E-state index contributed by atoms with van der Waals surface area (Å²) in [6.07, 6.45) is 0. The summed E-state index contributed by atoms with van der Waals surface area (Å²) in [5.74, 6) is 0.0644. The topological polar surface area (TPSA) is 90.4 Å². The Labute approximate surface area is 247 Å². The van der Waals surface area contributed by atoms with E-state index >= 15 is 0 Å². The van der Waals surface area contributed by atoms with Gasteiger partial charge in [0.1, 0.15) is 0 Å². The van der Waals surface area contributed by atoms with E-state index in [0.717, 1.165) is 48.1 Å².